The van der Waals surface area contributed by atoms with Crippen LogP contribution in [0.4, 0.5) is 5.88 Å². The smallest absolute Gasteiger partial charge is 0.320 e. The van der Waals surface area contributed by atoms with E-state index in [1.807, 2.05) is 13.0 Å². The molecule has 2 heterocycles. The van der Waals surface area contributed by atoms with Crippen LogP contribution in [-0.2, 0) is 19.4 Å². The highest BCUT2D eigenvalue weighted by atomic mass is 32.2. The van der Waals surface area contributed by atoms with Gasteiger partial charge in [-0.1, -0.05) is 16.4 Å². The number of aromatic nitrogens is 3. The Morgan fingerprint density at radius 1 is 1.50 bits per heavy atom. The maximum absolute atomic E-state index is 12.0. The first-order valence-corrected chi connectivity index (χ1v) is 8.85. The molecule has 124 valence electrons. The van der Waals surface area contributed by atoms with Gasteiger partial charge in [0.2, 0.25) is 5.27 Å². The van der Waals surface area contributed by atoms with Gasteiger partial charge in [-0.3, -0.25) is 4.52 Å². The lowest BCUT2D eigenvalue weighted by atomic mass is 9.95. The van der Waals surface area contributed by atoms with Crippen molar-refractivity contribution in [3.8, 4) is 6.07 Å². The van der Waals surface area contributed by atoms with Gasteiger partial charge in [0.05, 0.1) is 5.56 Å². The third kappa shape index (κ3) is 3.74. The van der Waals surface area contributed by atoms with Crippen molar-refractivity contribution in [3.63, 3.8) is 0 Å². The minimum atomic E-state index is -0.345. The fourth-order valence-corrected chi connectivity index (χ4v) is 3.32. The molecule has 0 N–H and O–H groups in total. The van der Waals surface area contributed by atoms with Crippen LogP contribution in [0.5, 0.6) is 0 Å². The third-order valence-corrected chi connectivity index (χ3v) is 4.75. The van der Waals surface area contributed by atoms with Gasteiger partial charge in [-0.25, -0.2) is 9.98 Å². The lowest BCUT2D eigenvalue weighted by Crippen LogP contribution is -2.32. The summed E-state index contributed by atoms with van der Waals surface area (Å²) in [7, 11) is 0. The van der Waals surface area contributed by atoms with Crippen LogP contribution in [0.15, 0.2) is 26.8 Å². The SMILES string of the molecule is CC[n+]1cc(/N=C(\[O-])CSc2nc3c(cc2C#N)CCCC3)on1. The summed E-state index contributed by atoms with van der Waals surface area (Å²) in [6.07, 6.45) is 5.73. The Bertz CT molecular complexity index is 809. The van der Waals surface area contributed by atoms with E-state index in [0.717, 1.165) is 36.9 Å². The van der Waals surface area contributed by atoms with Crippen molar-refractivity contribution in [1.29, 1.82) is 5.26 Å². The molecule has 2 aromatic heterocycles. The van der Waals surface area contributed by atoms with Gasteiger partial charge in [-0.2, -0.15) is 5.26 Å². The van der Waals surface area contributed by atoms with E-state index in [9.17, 15) is 10.4 Å². The fourth-order valence-electron chi connectivity index (χ4n) is 2.56. The summed E-state index contributed by atoms with van der Waals surface area (Å²) in [5.41, 5.74) is 2.73. The number of thioether (sulfide) groups is 1. The highest BCUT2D eigenvalue weighted by Gasteiger charge is 2.15. The van der Waals surface area contributed by atoms with Crippen molar-refractivity contribution in [2.45, 2.75) is 44.2 Å². The Balaban J connectivity index is 1.72. The van der Waals surface area contributed by atoms with E-state index in [0.29, 0.717) is 17.1 Å². The predicted molar refractivity (Wildman–Crippen MR) is 85.8 cm³/mol. The van der Waals surface area contributed by atoms with Crippen LogP contribution in [0.2, 0.25) is 0 Å². The molecule has 0 fully saturated rings. The van der Waals surface area contributed by atoms with Crippen molar-refractivity contribution < 1.29 is 14.3 Å². The molecular weight excluding hydrogens is 326 g/mol. The van der Waals surface area contributed by atoms with Gasteiger partial charge in [0.1, 0.15) is 11.1 Å². The van der Waals surface area contributed by atoms with E-state index in [2.05, 4.69) is 21.3 Å². The number of nitrogens with zero attached hydrogens (tertiary/aromatic N) is 5. The minimum absolute atomic E-state index is 0.104. The molecule has 0 aromatic carbocycles. The molecule has 0 aliphatic heterocycles. The standard InChI is InChI=1S/C16H17N5O2S/c1-2-21-9-15(23-20-21)19-14(22)10-24-16-12(8-17)7-11-5-3-4-6-13(11)18-16/h7,9H,2-6,10H2,1H3. The monoisotopic (exact) mass is 343 g/mol. The molecule has 0 amide bonds. The molecule has 8 heteroatoms. The molecule has 0 spiro atoms. The first kappa shape index (κ1) is 16.5. The molecule has 0 radical (unpaired) electrons. The van der Waals surface area contributed by atoms with Crippen LogP contribution in [0.25, 0.3) is 0 Å². The van der Waals surface area contributed by atoms with Crippen molar-refractivity contribution >= 4 is 23.5 Å². The van der Waals surface area contributed by atoms with Crippen LogP contribution < -0.4 is 9.79 Å². The van der Waals surface area contributed by atoms with Gasteiger partial charge in [0, 0.05) is 11.4 Å². The summed E-state index contributed by atoms with van der Waals surface area (Å²) in [5.74, 6) is -0.0583. The maximum atomic E-state index is 12.0. The van der Waals surface area contributed by atoms with E-state index in [1.54, 1.807) is 10.9 Å². The number of nitriles is 1. The zero-order valence-electron chi connectivity index (χ0n) is 13.4. The number of hydrogen-bond acceptors (Lipinski definition) is 7. The van der Waals surface area contributed by atoms with Crippen molar-refractivity contribution in [2.24, 2.45) is 4.99 Å². The normalized spacial score (nSPS) is 14.2. The Morgan fingerprint density at radius 3 is 3.08 bits per heavy atom. The number of aliphatic imine (C=N–C) groups is 1. The van der Waals surface area contributed by atoms with Crippen molar-refractivity contribution in [2.75, 3.05) is 5.75 Å². The molecule has 7 nitrogen and oxygen atoms in total. The van der Waals surface area contributed by atoms with E-state index in [1.165, 1.54) is 11.8 Å². The predicted octanol–water partition coefficient (Wildman–Crippen LogP) is 1.31. The van der Waals surface area contributed by atoms with Crippen LogP contribution >= 0.6 is 11.8 Å². The van der Waals surface area contributed by atoms with Crippen molar-refractivity contribution in [1.82, 2.24) is 10.3 Å². The average molecular weight is 343 g/mol. The van der Waals surface area contributed by atoms with Crippen LogP contribution in [-0.4, -0.2) is 21.9 Å². The first-order chi connectivity index (χ1) is 11.7. The van der Waals surface area contributed by atoms with E-state index in [-0.39, 0.29) is 17.5 Å². The maximum Gasteiger partial charge on any atom is 0.320 e. The summed E-state index contributed by atoms with van der Waals surface area (Å²) in [6.45, 7) is 2.56. The molecule has 1 aliphatic carbocycles. The lowest BCUT2D eigenvalue weighted by molar-refractivity contribution is -0.759. The minimum Gasteiger partial charge on any atom is -0.861 e. The van der Waals surface area contributed by atoms with Gasteiger partial charge in [-0.05, 0) is 50.1 Å². The Hall–Kier alpha value is -2.40. The molecule has 0 bridgehead atoms. The lowest BCUT2D eigenvalue weighted by Gasteiger charge is -2.17. The van der Waals surface area contributed by atoms with Gasteiger partial charge >= 0.3 is 5.88 Å². The van der Waals surface area contributed by atoms with Gasteiger partial charge in [0.15, 0.2) is 6.54 Å². The van der Waals surface area contributed by atoms with Crippen LogP contribution in [0.3, 0.4) is 0 Å². The van der Waals surface area contributed by atoms with E-state index < -0.39 is 0 Å². The molecule has 0 saturated carbocycles. The Labute approximate surface area is 144 Å². The zero-order chi connectivity index (χ0) is 16.9. The second kappa shape index (κ2) is 7.45. The van der Waals surface area contributed by atoms with E-state index >= 15 is 0 Å². The second-order valence-corrected chi connectivity index (χ2v) is 6.42. The average Bonchev–Trinajstić information content (AvgIpc) is 3.06. The fraction of sp³-hybridized carbons (Fsp3) is 0.438. The topological polar surface area (TPSA) is 102 Å². The summed E-state index contributed by atoms with van der Waals surface area (Å²) in [5, 5.41) is 25.6. The number of rotatable bonds is 5. The first-order valence-electron chi connectivity index (χ1n) is 7.86. The molecule has 0 atom stereocenters. The summed E-state index contributed by atoms with van der Waals surface area (Å²) in [4.78, 5) is 8.45. The number of pyridine rings is 1. The number of hydrogen-bond donors (Lipinski definition) is 0. The summed E-state index contributed by atoms with van der Waals surface area (Å²) >= 11 is 1.24. The molecule has 24 heavy (non-hydrogen) atoms. The van der Waals surface area contributed by atoms with Gasteiger partial charge in [-0.15, -0.1) is 0 Å². The third-order valence-electron chi connectivity index (χ3n) is 3.78. The van der Waals surface area contributed by atoms with Crippen LogP contribution in [0.1, 0.15) is 36.6 Å². The summed E-state index contributed by atoms with van der Waals surface area (Å²) < 4.78 is 6.50. The van der Waals surface area contributed by atoms with Crippen LogP contribution in [0, 0.1) is 11.3 Å². The largest absolute Gasteiger partial charge is 0.861 e. The quantitative estimate of drug-likeness (QED) is 0.351. The molecule has 0 saturated heterocycles. The number of aryl methyl sites for hydroxylation is 3. The molecule has 2 aromatic rings. The van der Waals surface area contributed by atoms with Crippen molar-refractivity contribution in [3.05, 3.63) is 29.1 Å². The molecule has 0 unspecified atom stereocenters. The Morgan fingerprint density at radius 2 is 2.33 bits per heavy atom. The highest BCUT2D eigenvalue weighted by Crippen LogP contribution is 2.27. The second-order valence-electron chi connectivity index (χ2n) is 5.46. The van der Waals surface area contributed by atoms with Gasteiger partial charge in [0.25, 0.3) is 6.20 Å². The molecule has 3 rings (SSSR count). The molecular formula is C16H17N5O2S. The molecule has 1 aliphatic rings. The van der Waals surface area contributed by atoms with E-state index in [4.69, 9.17) is 4.52 Å². The number of fused-ring (bicyclic) bond motifs is 1. The summed E-state index contributed by atoms with van der Waals surface area (Å²) in [6, 6.07) is 4.08. The van der Waals surface area contributed by atoms with Gasteiger partial charge < -0.3 is 5.11 Å². The Kier molecular flexibility index (Phi) is 5.11. The zero-order valence-corrected chi connectivity index (χ0v) is 14.2. The highest BCUT2D eigenvalue weighted by molar-refractivity contribution is 7.99.